The van der Waals surface area contributed by atoms with Gasteiger partial charge in [0.1, 0.15) is 5.69 Å². The SMILES string of the molecule is Cc1nc(C(F)(F)F)ccc1C(=O)N[C@@H]1CCC[C@H](C(F)(F)F)C1. The molecular weight excluding hydrogens is 338 g/mol. The fraction of sp³-hybridized carbons (Fsp3) is 0.600. The summed E-state index contributed by atoms with van der Waals surface area (Å²) in [6, 6.07) is 1.02. The summed E-state index contributed by atoms with van der Waals surface area (Å²) in [6.45, 7) is 1.25. The molecule has 0 bridgehead atoms. The number of aromatic nitrogens is 1. The van der Waals surface area contributed by atoms with Gasteiger partial charge in [-0.05, 0) is 38.3 Å². The van der Waals surface area contributed by atoms with Crippen molar-refractivity contribution in [3.8, 4) is 0 Å². The van der Waals surface area contributed by atoms with Crippen molar-refractivity contribution in [3.63, 3.8) is 0 Å². The van der Waals surface area contributed by atoms with Gasteiger partial charge in [-0.15, -0.1) is 0 Å². The van der Waals surface area contributed by atoms with Gasteiger partial charge in [-0.25, -0.2) is 4.98 Å². The molecule has 1 aromatic rings. The number of alkyl halides is 6. The molecule has 1 aliphatic carbocycles. The monoisotopic (exact) mass is 354 g/mol. The Labute approximate surface area is 134 Å². The second-order valence-corrected chi connectivity index (χ2v) is 5.90. The maximum atomic E-state index is 12.8. The minimum Gasteiger partial charge on any atom is -0.349 e. The van der Waals surface area contributed by atoms with E-state index in [-0.39, 0.29) is 24.1 Å². The van der Waals surface area contributed by atoms with Gasteiger partial charge >= 0.3 is 12.4 Å². The van der Waals surface area contributed by atoms with Crippen LogP contribution >= 0.6 is 0 Å². The predicted molar refractivity (Wildman–Crippen MR) is 73.2 cm³/mol. The van der Waals surface area contributed by atoms with Gasteiger partial charge in [0.25, 0.3) is 5.91 Å². The fourth-order valence-electron chi connectivity index (χ4n) is 2.84. The van der Waals surface area contributed by atoms with E-state index in [2.05, 4.69) is 10.3 Å². The van der Waals surface area contributed by atoms with Crippen molar-refractivity contribution in [3.05, 3.63) is 29.1 Å². The van der Waals surface area contributed by atoms with E-state index in [4.69, 9.17) is 0 Å². The first kappa shape index (κ1) is 18.5. The molecule has 134 valence electrons. The number of amides is 1. The largest absolute Gasteiger partial charge is 0.433 e. The zero-order chi connectivity index (χ0) is 18.1. The summed E-state index contributed by atoms with van der Waals surface area (Å²) in [7, 11) is 0. The summed E-state index contributed by atoms with van der Waals surface area (Å²) < 4.78 is 76.0. The van der Waals surface area contributed by atoms with Crippen molar-refractivity contribution in [2.45, 2.75) is 51.0 Å². The van der Waals surface area contributed by atoms with Gasteiger partial charge in [-0.2, -0.15) is 26.3 Å². The average molecular weight is 354 g/mol. The van der Waals surface area contributed by atoms with Crippen molar-refractivity contribution in [2.75, 3.05) is 0 Å². The molecule has 24 heavy (non-hydrogen) atoms. The van der Waals surface area contributed by atoms with Crippen molar-refractivity contribution in [1.29, 1.82) is 0 Å². The summed E-state index contributed by atoms with van der Waals surface area (Å²) in [5.41, 5.74) is -1.31. The number of hydrogen-bond donors (Lipinski definition) is 1. The third-order valence-electron chi connectivity index (χ3n) is 4.09. The number of nitrogens with one attached hydrogen (secondary N) is 1. The Kier molecular flexibility index (Phi) is 5.10. The molecule has 0 aliphatic heterocycles. The summed E-state index contributed by atoms with van der Waals surface area (Å²) >= 11 is 0. The number of rotatable bonds is 2. The molecule has 1 aromatic heterocycles. The summed E-state index contributed by atoms with van der Waals surface area (Å²) in [5, 5.41) is 2.48. The first-order chi connectivity index (χ1) is 11.0. The molecule has 0 spiro atoms. The quantitative estimate of drug-likeness (QED) is 0.807. The maximum absolute atomic E-state index is 12.8. The third-order valence-corrected chi connectivity index (χ3v) is 4.09. The number of halogens is 6. The van der Waals surface area contributed by atoms with Gasteiger partial charge < -0.3 is 5.32 Å². The van der Waals surface area contributed by atoms with Gasteiger partial charge in [0.05, 0.1) is 17.2 Å². The van der Waals surface area contributed by atoms with Crippen LogP contribution in [0.3, 0.4) is 0 Å². The number of aryl methyl sites for hydroxylation is 1. The molecule has 9 heteroatoms. The standard InChI is InChI=1S/C15H16F6N2O/c1-8-11(5-6-12(22-8)15(19,20)21)13(24)23-10-4-2-3-9(7-10)14(16,17)18/h5-6,9-10H,2-4,7H2,1H3,(H,23,24)/t9-,10+/m0/s1. The number of carbonyl (C=O) groups excluding carboxylic acids is 1. The van der Waals surface area contributed by atoms with Gasteiger partial charge in [0, 0.05) is 6.04 Å². The van der Waals surface area contributed by atoms with Crippen LogP contribution in [0.2, 0.25) is 0 Å². The number of hydrogen-bond acceptors (Lipinski definition) is 2. The minimum atomic E-state index is -4.62. The van der Waals surface area contributed by atoms with E-state index in [9.17, 15) is 31.1 Å². The highest BCUT2D eigenvalue weighted by atomic mass is 19.4. The highest BCUT2D eigenvalue weighted by molar-refractivity contribution is 5.95. The van der Waals surface area contributed by atoms with Crippen LogP contribution in [0.1, 0.15) is 47.4 Å². The van der Waals surface area contributed by atoms with Gasteiger partial charge in [-0.1, -0.05) is 6.42 Å². The second-order valence-electron chi connectivity index (χ2n) is 5.90. The zero-order valence-corrected chi connectivity index (χ0v) is 12.8. The molecule has 0 radical (unpaired) electrons. The van der Waals surface area contributed by atoms with Crippen molar-refractivity contribution < 1.29 is 31.1 Å². The topological polar surface area (TPSA) is 42.0 Å². The van der Waals surface area contributed by atoms with E-state index in [1.807, 2.05) is 0 Å². The molecular formula is C15H16F6N2O. The Balaban J connectivity index is 2.07. The Morgan fingerprint density at radius 2 is 1.83 bits per heavy atom. The minimum absolute atomic E-state index is 0.0245. The molecule has 3 nitrogen and oxygen atoms in total. The third kappa shape index (κ3) is 4.39. The van der Waals surface area contributed by atoms with Gasteiger partial charge in [0.15, 0.2) is 0 Å². The van der Waals surface area contributed by atoms with Crippen LogP contribution < -0.4 is 5.32 Å². The van der Waals surface area contributed by atoms with Gasteiger partial charge in [0.2, 0.25) is 0 Å². The van der Waals surface area contributed by atoms with E-state index < -0.39 is 35.9 Å². The van der Waals surface area contributed by atoms with E-state index in [1.165, 1.54) is 6.92 Å². The molecule has 0 saturated heterocycles. The smallest absolute Gasteiger partial charge is 0.349 e. The van der Waals surface area contributed by atoms with E-state index in [0.717, 1.165) is 6.07 Å². The van der Waals surface area contributed by atoms with Crippen LogP contribution in [0, 0.1) is 12.8 Å². The van der Waals surface area contributed by atoms with E-state index in [1.54, 1.807) is 0 Å². The average Bonchev–Trinajstić information content (AvgIpc) is 2.45. The Hall–Kier alpha value is -1.80. The molecule has 2 atom stereocenters. The molecule has 0 unspecified atom stereocenters. The lowest BCUT2D eigenvalue weighted by Crippen LogP contribution is -2.41. The molecule has 1 saturated carbocycles. The first-order valence-corrected chi connectivity index (χ1v) is 7.41. The first-order valence-electron chi connectivity index (χ1n) is 7.41. The second kappa shape index (κ2) is 6.60. The molecule has 1 fully saturated rings. The zero-order valence-electron chi connectivity index (χ0n) is 12.8. The van der Waals surface area contributed by atoms with Crippen LogP contribution in [0.15, 0.2) is 12.1 Å². The Morgan fingerprint density at radius 1 is 1.17 bits per heavy atom. The lowest BCUT2D eigenvalue weighted by Gasteiger charge is -2.31. The fourth-order valence-corrected chi connectivity index (χ4v) is 2.84. The number of carbonyl (C=O) groups is 1. The molecule has 2 rings (SSSR count). The molecule has 1 amide bonds. The van der Waals surface area contributed by atoms with Gasteiger partial charge in [-0.3, -0.25) is 4.79 Å². The summed E-state index contributed by atoms with van der Waals surface area (Å²) in [6.07, 6.45) is -8.39. The Morgan fingerprint density at radius 3 is 2.38 bits per heavy atom. The maximum Gasteiger partial charge on any atom is 0.433 e. The summed E-state index contributed by atoms with van der Waals surface area (Å²) in [4.78, 5) is 15.5. The van der Waals surface area contributed by atoms with Crippen LogP contribution in [-0.2, 0) is 6.18 Å². The normalized spacial score (nSPS) is 22.3. The molecule has 1 aliphatic rings. The molecule has 1 N–H and O–H groups in total. The van der Waals surface area contributed by atoms with Crippen LogP contribution in [0.4, 0.5) is 26.3 Å². The predicted octanol–water partition coefficient (Wildman–Crippen LogP) is 4.26. The molecule has 1 heterocycles. The highest BCUT2D eigenvalue weighted by Crippen LogP contribution is 2.37. The highest BCUT2D eigenvalue weighted by Gasteiger charge is 2.42. The van der Waals surface area contributed by atoms with E-state index in [0.29, 0.717) is 18.9 Å². The lowest BCUT2D eigenvalue weighted by atomic mass is 9.85. The van der Waals surface area contributed by atoms with E-state index >= 15 is 0 Å². The van der Waals surface area contributed by atoms with Crippen molar-refractivity contribution >= 4 is 5.91 Å². The van der Waals surface area contributed by atoms with Crippen molar-refractivity contribution in [1.82, 2.24) is 10.3 Å². The van der Waals surface area contributed by atoms with Crippen molar-refractivity contribution in [2.24, 2.45) is 5.92 Å². The van der Waals surface area contributed by atoms with Crippen LogP contribution in [0.5, 0.6) is 0 Å². The van der Waals surface area contributed by atoms with Crippen LogP contribution in [-0.4, -0.2) is 23.1 Å². The van der Waals surface area contributed by atoms with Crippen LogP contribution in [0.25, 0.3) is 0 Å². The number of nitrogens with zero attached hydrogens (tertiary/aromatic N) is 1. The Bertz CT molecular complexity index is 611. The molecule has 0 aromatic carbocycles. The summed E-state index contributed by atoms with van der Waals surface area (Å²) in [5.74, 6) is -2.18. The lowest BCUT2D eigenvalue weighted by molar-refractivity contribution is -0.183. The number of pyridine rings is 1.